The van der Waals surface area contributed by atoms with E-state index in [1.54, 1.807) is 0 Å². The largest absolute Gasteiger partial charge is 0.468 e. The standard InChI is InChI=1S/C10H13NO7S/c1-17-8(12)5-19(15,16)11-3-2-6-7(4-11)10(14)18-9(6)13/h6-7H,2-5H2,1H3. The molecule has 2 aliphatic heterocycles. The summed E-state index contributed by atoms with van der Waals surface area (Å²) in [6.07, 6.45) is 0.218. The van der Waals surface area contributed by atoms with Crippen molar-refractivity contribution in [2.24, 2.45) is 11.8 Å². The number of esters is 3. The van der Waals surface area contributed by atoms with Gasteiger partial charge in [0.1, 0.15) is 0 Å². The fraction of sp³-hybridized carbons (Fsp3) is 0.700. The number of nitrogens with zero attached hydrogens (tertiary/aromatic N) is 1. The average Bonchev–Trinajstić information content (AvgIpc) is 2.64. The van der Waals surface area contributed by atoms with Gasteiger partial charge in [-0.15, -0.1) is 0 Å². The second-order valence-electron chi connectivity index (χ2n) is 4.43. The van der Waals surface area contributed by atoms with E-state index in [0.717, 1.165) is 11.4 Å². The Morgan fingerprint density at radius 2 is 2.00 bits per heavy atom. The Morgan fingerprint density at radius 1 is 1.37 bits per heavy atom. The second-order valence-corrected chi connectivity index (χ2v) is 6.40. The number of hydrogen-bond donors (Lipinski definition) is 0. The number of carbonyl (C=O) groups is 3. The molecule has 0 amide bonds. The highest BCUT2D eigenvalue weighted by molar-refractivity contribution is 7.89. The van der Waals surface area contributed by atoms with Crippen LogP contribution in [0.3, 0.4) is 0 Å². The lowest BCUT2D eigenvalue weighted by Crippen LogP contribution is -2.46. The molecule has 8 nitrogen and oxygen atoms in total. The molecule has 0 N–H and O–H groups in total. The van der Waals surface area contributed by atoms with Crippen molar-refractivity contribution >= 4 is 27.9 Å². The van der Waals surface area contributed by atoms with Crippen molar-refractivity contribution in [2.45, 2.75) is 6.42 Å². The molecule has 0 spiro atoms. The molecule has 2 aliphatic rings. The number of rotatable bonds is 3. The van der Waals surface area contributed by atoms with Crippen LogP contribution in [0.25, 0.3) is 0 Å². The van der Waals surface area contributed by atoms with Gasteiger partial charge in [0.2, 0.25) is 10.0 Å². The SMILES string of the molecule is COC(=O)CS(=O)(=O)N1CCC2C(=O)OC(=O)C2C1. The highest BCUT2D eigenvalue weighted by atomic mass is 32.2. The van der Waals surface area contributed by atoms with Gasteiger partial charge in [-0.1, -0.05) is 0 Å². The van der Waals surface area contributed by atoms with Crippen LogP contribution in [0, 0.1) is 11.8 Å². The number of methoxy groups -OCH3 is 1. The van der Waals surface area contributed by atoms with Gasteiger partial charge in [0.25, 0.3) is 0 Å². The number of sulfonamides is 1. The molecule has 2 rings (SSSR count). The molecular weight excluding hydrogens is 278 g/mol. The van der Waals surface area contributed by atoms with Gasteiger partial charge in [-0.2, -0.15) is 0 Å². The van der Waals surface area contributed by atoms with Crippen molar-refractivity contribution in [2.75, 3.05) is 26.0 Å². The minimum atomic E-state index is -3.83. The molecule has 2 fully saturated rings. The summed E-state index contributed by atoms with van der Waals surface area (Å²) < 4.78 is 33.7. The average molecular weight is 291 g/mol. The predicted octanol–water partition coefficient (Wildman–Crippen LogP) is -1.49. The fourth-order valence-electron chi connectivity index (χ4n) is 2.25. The molecule has 2 unspecified atom stereocenters. The molecule has 19 heavy (non-hydrogen) atoms. The molecule has 0 bridgehead atoms. The Morgan fingerprint density at radius 3 is 2.63 bits per heavy atom. The van der Waals surface area contributed by atoms with Crippen LogP contribution in [0.2, 0.25) is 0 Å². The van der Waals surface area contributed by atoms with E-state index in [2.05, 4.69) is 9.47 Å². The third-order valence-electron chi connectivity index (χ3n) is 3.30. The molecule has 0 aliphatic carbocycles. The van der Waals surface area contributed by atoms with Crippen LogP contribution in [0.1, 0.15) is 6.42 Å². The summed E-state index contributed by atoms with van der Waals surface area (Å²) in [5.74, 6) is -4.28. The summed E-state index contributed by atoms with van der Waals surface area (Å²) >= 11 is 0. The van der Waals surface area contributed by atoms with Crippen LogP contribution in [-0.2, 0) is 33.9 Å². The van der Waals surface area contributed by atoms with E-state index in [4.69, 9.17) is 0 Å². The van der Waals surface area contributed by atoms with Gasteiger partial charge < -0.3 is 9.47 Å². The molecule has 0 aromatic heterocycles. The lowest BCUT2D eigenvalue weighted by molar-refractivity contribution is -0.153. The summed E-state index contributed by atoms with van der Waals surface area (Å²) in [5, 5.41) is 0. The zero-order chi connectivity index (χ0) is 14.2. The third-order valence-corrected chi connectivity index (χ3v) is 5.02. The molecule has 2 heterocycles. The molecule has 9 heteroatoms. The topological polar surface area (TPSA) is 107 Å². The summed E-state index contributed by atoms with van der Waals surface area (Å²) in [7, 11) is -2.74. The number of cyclic esters (lactones) is 2. The summed E-state index contributed by atoms with van der Waals surface area (Å²) in [6.45, 7) is -0.0442. The Kier molecular flexibility index (Phi) is 3.59. The van der Waals surface area contributed by atoms with Crippen molar-refractivity contribution < 1.29 is 32.3 Å². The van der Waals surface area contributed by atoms with E-state index < -0.39 is 45.5 Å². The van der Waals surface area contributed by atoms with Crippen LogP contribution in [0.4, 0.5) is 0 Å². The van der Waals surface area contributed by atoms with Crippen LogP contribution < -0.4 is 0 Å². The summed E-state index contributed by atoms with van der Waals surface area (Å²) in [5.41, 5.74) is 0. The Labute approximate surface area is 109 Å². The number of carbonyl (C=O) groups excluding carboxylic acids is 3. The van der Waals surface area contributed by atoms with E-state index in [1.165, 1.54) is 0 Å². The summed E-state index contributed by atoms with van der Waals surface area (Å²) in [4.78, 5) is 33.8. The van der Waals surface area contributed by atoms with E-state index in [9.17, 15) is 22.8 Å². The van der Waals surface area contributed by atoms with E-state index in [-0.39, 0.29) is 19.5 Å². The van der Waals surface area contributed by atoms with Gasteiger partial charge in [-0.05, 0) is 6.42 Å². The van der Waals surface area contributed by atoms with Gasteiger partial charge in [-0.3, -0.25) is 14.4 Å². The van der Waals surface area contributed by atoms with Gasteiger partial charge in [-0.25, -0.2) is 12.7 Å². The van der Waals surface area contributed by atoms with Crippen LogP contribution in [-0.4, -0.2) is 56.6 Å². The third kappa shape index (κ3) is 2.61. The van der Waals surface area contributed by atoms with Gasteiger partial charge >= 0.3 is 17.9 Å². The van der Waals surface area contributed by atoms with Crippen LogP contribution >= 0.6 is 0 Å². The highest BCUT2D eigenvalue weighted by Crippen LogP contribution is 2.32. The van der Waals surface area contributed by atoms with Crippen LogP contribution in [0.15, 0.2) is 0 Å². The molecule has 2 saturated heterocycles. The Bertz CT molecular complexity index is 526. The highest BCUT2D eigenvalue weighted by Gasteiger charge is 2.49. The Hall–Kier alpha value is -1.48. The van der Waals surface area contributed by atoms with Gasteiger partial charge in [0.05, 0.1) is 18.9 Å². The van der Waals surface area contributed by atoms with Gasteiger partial charge in [0.15, 0.2) is 5.75 Å². The van der Waals surface area contributed by atoms with E-state index in [0.29, 0.717) is 0 Å². The van der Waals surface area contributed by atoms with Crippen molar-refractivity contribution in [1.82, 2.24) is 4.31 Å². The zero-order valence-electron chi connectivity index (χ0n) is 10.2. The Balaban J connectivity index is 2.10. The van der Waals surface area contributed by atoms with E-state index in [1.807, 2.05) is 0 Å². The maximum Gasteiger partial charge on any atom is 0.322 e. The predicted molar refractivity (Wildman–Crippen MR) is 60.1 cm³/mol. The minimum absolute atomic E-state index is 0.0862. The maximum atomic E-state index is 11.9. The first-order chi connectivity index (χ1) is 8.85. The quantitative estimate of drug-likeness (QED) is 0.460. The second kappa shape index (κ2) is 4.89. The first kappa shape index (κ1) is 13.9. The number of ether oxygens (including phenoxy) is 2. The number of hydrogen-bond acceptors (Lipinski definition) is 7. The molecular formula is C10H13NO7S. The smallest absolute Gasteiger partial charge is 0.322 e. The van der Waals surface area contributed by atoms with Gasteiger partial charge in [0, 0.05) is 13.1 Å². The van der Waals surface area contributed by atoms with Crippen LogP contribution in [0.5, 0.6) is 0 Å². The lowest BCUT2D eigenvalue weighted by Gasteiger charge is -2.30. The molecule has 2 atom stereocenters. The molecule has 0 radical (unpaired) electrons. The normalized spacial score (nSPS) is 27.8. The van der Waals surface area contributed by atoms with Crippen molar-refractivity contribution in [3.8, 4) is 0 Å². The maximum absolute atomic E-state index is 11.9. The molecule has 0 aromatic carbocycles. The minimum Gasteiger partial charge on any atom is -0.468 e. The number of piperidine rings is 1. The number of fused-ring (bicyclic) bond motifs is 1. The first-order valence-corrected chi connectivity index (χ1v) is 7.26. The van der Waals surface area contributed by atoms with Crippen molar-refractivity contribution in [3.63, 3.8) is 0 Å². The van der Waals surface area contributed by atoms with Crippen molar-refractivity contribution in [3.05, 3.63) is 0 Å². The molecule has 106 valence electrons. The lowest BCUT2D eigenvalue weighted by atomic mass is 9.89. The summed E-state index contributed by atoms with van der Waals surface area (Å²) in [6, 6.07) is 0. The van der Waals surface area contributed by atoms with Crippen molar-refractivity contribution in [1.29, 1.82) is 0 Å². The molecule has 0 saturated carbocycles. The molecule has 0 aromatic rings. The monoisotopic (exact) mass is 291 g/mol. The fourth-order valence-corrected chi connectivity index (χ4v) is 3.61. The van der Waals surface area contributed by atoms with E-state index >= 15 is 0 Å². The first-order valence-electron chi connectivity index (χ1n) is 5.65. The zero-order valence-corrected chi connectivity index (χ0v) is 11.0.